The molecule has 1 N–H and O–H groups in total. The second-order valence-electron chi connectivity index (χ2n) is 3.57. The summed E-state index contributed by atoms with van der Waals surface area (Å²) < 4.78 is 11.1. The highest BCUT2D eigenvalue weighted by Crippen LogP contribution is 2.12. The molecule has 1 aliphatic heterocycles. The molecule has 1 heterocycles. The SMILES string of the molecule is CCNCC(C)OC1CCOCC1. The first kappa shape index (κ1) is 11.0. The third kappa shape index (κ3) is 4.60. The van der Waals surface area contributed by atoms with E-state index in [4.69, 9.17) is 9.47 Å². The molecule has 1 rings (SSSR count). The first-order chi connectivity index (χ1) is 6.33. The van der Waals surface area contributed by atoms with Gasteiger partial charge >= 0.3 is 0 Å². The fourth-order valence-corrected chi connectivity index (χ4v) is 1.54. The van der Waals surface area contributed by atoms with Crippen LogP contribution in [0.4, 0.5) is 0 Å². The van der Waals surface area contributed by atoms with Gasteiger partial charge < -0.3 is 14.8 Å². The molecular formula is C10H21NO2. The highest BCUT2D eigenvalue weighted by Gasteiger charge is 2.16. The number of rotatable bonds is 5. The molecule has 0 aromatic heterocycles. The van der Waals surface area contributed by atoms with Crippen molar-refractivity contribution in [3.8, 4) is 0 Å². The van der Waals surface area contributed by atoms with E-state index in [9.17, 15) is 0 Å². The van der Waals surface area contributed by atoms with Gasteiger partial charge in [0, 0.05) is 19.8 Å². The van der Waals surface area contributed by atoms with Crippen LogP contribution in [0.5, 0.6) is 0 Å². The van der Waals surface area contributed by atoms with Gasteiger partial charge in [0.2, 0.25) is 0 Å². The lowest BCUT2D eigenvalue weighted by molar-refractivity contribution is -0.0611. The zero-order chi connectivity index (χ0) is 9.52. The molecule has 0 aromatic carbocycles. The number of ether oxygens (including phenoxy) is 2. The van der Waals surface area contributed by atoms with E-state index in [1.165, 1.54) is 0 Å². The summed E-state index contributed by atoms with van der Waals surface area (Å²) in [5.74, 6) is 0. The topological polar surface area (TPSA) is 30.5 Å². The van der Waals surface area contributed by atoms with Crippen LogP contribution in [0.15, 0.2) is 0 Å². The van der Waals surface area contributed by atoms with Gasteiger partial charge in [0.1, 0.15) is 0 Å². The largest absolute Gasteiger partial charge is 0.381 e. The second kappa shape index (κ2) is 6.35. The average Bonchev–Trinajstić information content (AvgIpc) is 2.16. The molecule has 1 aliphatic rings. The maximum absolute atomic E-state index is 5.85. The van der Waals surface area contributed by atoms with Gasteiger partial charge in [0.15, 0.2) is 0 Å². The molecule has 0 aromatic rings. The molecular weight excluding hydrogens is 166 g/mol. The summed E-state index contributed by atoms with van der Waals surface area (Å²) in [6, 6.07) is 0. The molecule has 1 saturated heterocycles. The van der Waals surface area contributed by atoms with Gasteiger partial charge in [0.25, 0.3) is 0 Å². The van der Waals surface area contributed by atoms with Crippen LogP contribution in [0.2, 0.25) is 0 Å². The van der Waals surface area contributed by atoms with Crippen molar-refractivity contribution in [3.05, 3.63) is 0 Å². The number of hydrogen-bond donors (Lipinski definition) is 1. The lowest BCUT2D eigenvalue weighted by Crippen LogP contribution is -2.33. The molecule has 0 saturated carbocycles. The summed E-state index contributed by atoms with van der Waals surface area (Å²) in [6.07, 6.45) is 2.85. The van der Waals surface area contributed by atoms with E-state index in [0.717, 1.165) is 39.1 Å². The Bertz CT molecular complexity index is 124. The first-order valence-corrected chi connectivity index (χ1v) is 5.27. The van der Waals surface area contributed by atoms with Crippen molar-refractivity contribution >= 4 is 0 Å². The number of likely N-dealkylation sites (N-methyl/N-ethyl adjacent to an activating group) is 1. The van der Waals surface area contributed by atoms with Crippen LogP contribution in [-0.4, -0.2) is 38.5 Å². The molecule has 1 unspecified atom stereocenters. The molecule has 3 heteroatoms. The van der Waals surface area contributed by atoms with Crippen molar-refractivity contribution in [2.75, 3.05) is 26.3 Å². The normalized spacial score (nSPS) is 21.7. The summed E-state index contributed by atoms with van der Waals surface area (Å²) in [7, 11) is 0. The van der Waals surface area contributed by atoms with Crippen molar-refractivity contribution < 1.29 is 9.47 Å². The Labute approximate surface area is 80.8 Å². The van der Waals surface area contributed by atoms with Crippen LogP contribution >= 0.6 is 0 Å². The van der Waals surface area contributed by atoms with E-state index < -0.39 is 0 Å². The summed E-state index contributed by atoms with van der Waals surface area (Å²) in [6.45, 7) is 7.92. The summed E-state index contributed by atoms with van der Waals surface area (Å²) in [4.78, 5) is 0. The maximum Gasteiger partial charge on any atom is 0.0675 e. The van der Waals surface area contributed by atoms with Crippen LogP contribution in [0, 0.1) is 0 Å². The number of hydrogen-bond acceptors (Lipinski definition) is 3. The minimum atomic E-state index is 0.322. The summed E-state index contributed by atoms with van der Waals surface area (Å²) in [5.41, 5.74) is 0. The Morgan fingerprint density at radius 1 is 1.46 bits per heavy atom. The van der Waals surface area contributed by atoms with E-state index in [0.29, 0.717) is 12.2 Å². The van der Waals surface area contributed by atoms with Gasteiger partial charge in [-0.2, -0.15) is 0 Å². The summed E-state index contributed by atoms with van der Waals surface area (Å²) in [5, 5.41) is 3.28. The van der Waals surface area contributed by atoms with Crippen molar-refractivity contribution in [2.45, 2.75) is 38.9 Å². The fourth-order valence-electron chi connectivity index (χ4n) is 1.54. The molecule has 1 atom stereocenters. The molecule has 3 nitrogen and oxygen atoms in total. The Morgan fingerprint density at radius 2 is 2.15 bits per heavy atom. The third-order valence-corrected chi connectivity index (χ3v) is 2.27. The van der Waals surface area contributed by atoms with E-state index in [1.54, 1.807) is 0 Å². The standard InChI is InChI=1S/C10H21NO2/c1-3-11-8-9(2)13-10-4-6-12-7-5-10/h9-11H,3-8H2,1-2H3. The van der Waals surface area contributed by atoms with Gasteiger partial charge in [-0.3, -0.25) is 0 Å². The van der Waals surface area contributed by atoms with Crippen LogP contribution in [0.25, 0.3) is 0 Å². The smallest absolute Gasteiger partial charge is 0.0675 e. The van der Waals surface area contributed by atoms with Crippen LogP contribution in [0.3, 0.4) is 0 Å². The van der Waals surface area contributed by atoms with Crippen molar-refractivity contribution in [1.29, 1.82) is 0 Å². The Balaban J connectivity index is 2.07. The quantitative estimate of drug-likeness (QED) is 0.701. The third-order valence-electron chi connectivity index (χ3n) is 2.27. The van der Waals surface area contributed by atoms with Gasteiger partial charge in [-0.25, -0.2) is 0 Å². The maximum atomic E-state index is 5.85. The zero-order valence-corrected chi connectivity index (χ0v) is 8.71. The fraction of sp³-hybridized carbons (Fsp3) is 1.00. The molecule has 0 amide bonds. The van der Waals surface area contributed by atoms with Gasteiger partial charge in [-0.05, 0) is 26.3 Å². The molecule has 13 heavy (non-hydrogen) atoms. The van der Waals surface area contributed by atoms with Gasteiger partial charge in [-0.1, -0.05) is 6.92 Å². The number of nitrogens with one attached hydrogen (secondary N) is 1. The molecule has 0 bridgehead atoms. The van der Waals surface area contributed by atoms with E-state index in [-0.39, 0.29) is 0 Å². The van der Waals surface area contributed by atoms with Crippen LogP contribution in [0.1, 0.15) is 26.7 Å². The lowest BCUT2D eigenvalue weighted by Gasteiger charge is -2.25. The second-order valence-corrected chi connectivity index (χ2v) is 3.57. The minimum absolute atomic E-state index is 0.322. The van der Waals surface area contributed by atoms with Crippen molar-refractivity contribution in [3.63, 3.8) is 0 Å². The van der Waals surface area contributed by atoms with Crippen LogP contribution in [-0.2, 0) is 9.47 Å². The van der Waals surface area contributed by atoms with E-state index in [2.05, 4.69) is 19.2 Å². The highest BCUT2D eigenvalue weighted by atomic mass is 16.5. The Hall–Kier alpha value is -0.120. The van der Waals surface area contributed by atoms with E-state index in [1.807, 2.05) is 0 Å². The highest BCUT2D eigenvalue weighted by molar-refractivity contribution is 4.65. The van der Waals surface area contributed by atoms with Crippen LogP contribution < -0.4 is 5.32 Å². The lowest BCUT2D eigenvalue weighted by atomic mass is 10.1. The average molecular weight is 187 g/mol. The predicted molar refractivity (Wildman–Crippen MR) is 52.9 cm³/mol. The molecule has 1 fully saturated rings. The molecule has 0 aliphatic carbocycles. The monoisotopic (exact) mass is 187 g/mol. The summed E-state index contributed by atoms with van der Waals surface area (Å²) >= 11 is 0. The Kier molecular flexibility index (Phi) is 5.35. The van der Waals surface area contributed by atoms with Crippen molar-refractivity contribution in [2.24, 2.45) is 0 Å². The predicted octanol–water partition coefficient (Wildman–Crippen LogP) is 1.18. The Morgan fingerprint density at radius 3 is 2.77 bits per heavy atom. The van der Waals surface area contributed by atoms with Crippen molar-refractivity contribution in [1.82, 2.24) is 5.32 Å². The molecule has 0 radical (unpaired) electrons. The molecule has 78 valence electrons. The minimum Gasteiger partial charge on any atom is -0.381 e. The van der Waals surface area contributed by atoms with Gasteiger partial charge in [-0.15, -0.1) is 0 Å². The molecule has 0 spiro atoms. The van der Waals surface area contributed by atoms with E-state index >= 15 is 0 Å². The van der Waals surface area contributed by atoms with Gasteiger partial charge in [0.05, 0.1) is 12.2 Å². The zero-order valence-electron chi connectivity index (χ0n) is 8.71. The first-order valence-electron chi connectivity index (χ1n) is 5.27.